The van der Waals surface area contributed by atoms with Gasteiger partial charge >= 0.3 is 0 Å². The van der Waals surface area contributed by atoms with Crippen molar-refractivity contribution in [3.05, 3.63) is 35.4 Å². The second-order valence-electron chi connectivity index (χ2n) is 5.62. The van der Waals surface area contributed by atoms with Crippen LogP contribution in [0.15, 0.2) is 29.3 Å². The molecule has 0 unspecified atom stereocenters. The van der Waals surface area contributed by atoms with Crippen molar-refractivity contribution in [2.75, 3.05) is 20.1 Å². The molecule has 6 heteroatoms. The summed E-state index contributed by atoms with van der Waals surface area (Å²) < 4.78 is 0. The predicted octanol–water partition coefficient (Wildman–Crippen LogP) is 2.21. The molecule has 0 radical (unpaired) electrons. The Bertz CT molecular complexity index is 507. The van der Waals surface area contributed by atoms with E-state index in [-0.39, 0.29) is 29.9 Å². The van der Waals surface area contributed by atoms with E-state index in [4.69, 9.17) is 5.73 Å². The third-order valence-electron chi connectivity index (χ3n) is 3.97. The minimum absolute atomic E-state index is 0. The molecule has 122 valence electrons. The lowest BCUT2D eigenvalue weighted by Gasteiger charge is -2.31. The van der Waals surface area contributed by atoms with Crippen LogP contribution in [0.5, 0.6) is 0 Å². The molecule has 22 heavy (non-hydrogen) atoms. The molecular formula is C16H25IN4O. The topological polar surface area (TPSA) is 70.7 Å². The molecule has 0 aromatic heterocycles. The lowest BCUT2D eigenvalue weighted by Crippen LogP contribution is -2.42. The maximum Gasteiger partial charge on any atom is 0.251 e. The number of amides is 1. The van der Waals surface area contributed by atoms with Crippen LogP contribution in [-0.4, -0.2) is 36.9 Å². The number of nitrogens with zero attached hydrogens (tertiary/aromatic N) is 2. The highest BCUT2D eigenvalue weighted by Gasteiger charge is 2.16. The van der Waals surface area contributed by atoms with Crippen LogP contribution in [0.2, 0.25) is 0 Å². The third-order valence-corrected chi connectivity index (χ3v) is 3.97. The number of nitrogens with one attached hydrogen (secondary N) is 1. The average molecular weight is 416 g/mol. The van der Waals surface area contributed by atoms with E-state index in [1.54, 1.807) is 7.05 Å². The minimum Gasteiger partial charge on any atom is -0.370 e. The van der Waals surface area contributed by atoms with Gasteiger partial charge in [-0.15, -0.1) is 24.0 Å². The van der Waals surface area contributed by atoms with Crippen molar-refractivity contribution in [1.82, 2.24) is 10.2 Å². The summed E-state index contributed by atoms with van der Waals surface area (Å²) in [6, 6.07) is 7.45. The second-order valence-corrected chi connectivity index (χ2v) is 5.62. The number of carbonyl (C=O) groups is 1. The zero-order valence-corrected chi connectivity index (χ0v) is 15.5. The van der Waals surface area contributed by atoms with Crippen molar-refractivity contribution in [1.29, 1.82) is 0 Å². The monoisotopic (exact) mass is 416 g/mol. The summed E-state index contributed by atoms with van der Waals surface area (Å²) in [6.07, 6.45) is 2.36. The van der Waals surface area contributed by atoms with Gasteiger partial charge in [0.25, 0.3) is 5.91 Å². The lowest BCUT2D eigenvalue weighted by molar-refractivity contribution is 0.0963. The standard InChI is InChI=1S/C16H24N4O.HI/c1-12-7-9-20(10-8-12)16(17)19-11-13-3-5-14(6-4-13)15(21)18-2;/h3-6,12H,7-11H2,1-2H3,(H2,17,19)(H,18,21);1H. The fourth-order valence-electron chi connectivity index (χ4n) is 2.42. The number of rotatable bonds is 3. The summed E-state index contributed by atoms with van der Waals surface area (Å²) in [5, 5.41) is 2.60. The van der Waals surface area contributed by atoms with Gasteiger partial charge in [0.1, 0.15) is 0 Å². The second kappa shape index (κ2) is 8.97. The zero-order valence-electron chi connectivity index (χ0n) is 13.2. The Kier molecular flexibility index (Phi) is 7.64. The summed E-state index contributed by atoms with van der Waals surface area (Å²) in [7, 11) is 1.63. The SMILES string of the molecule is CNC(=O)c1ccc(CN=C(N)N2CCC(C)CC2)cc1.I. The number of likely N-dealkylation sites (tertiary alicyclic amines) is 1. The molecule has 0 atom stereocenters. The lowest BCUT2D eigenvalue weighted by atomic mass is 10.00. The van der Waals surface area contributed by atoms with Crippen LogP contribution >= 0.6 is 24.0 Å². The Morgan fingerprint density at radius 2 is 1.91 bits per heavy atom. The molecular weight excluding hydrogens is 391 g/mol. The summed E-state index contributed by atoms with van der Waals surface area (Å²) in [4.78, 5) is 18.1. The van der Waals surface area contributed by atoms with Crippen molar-refractivity contribution >= 4 is 35.8 Å². The van der Waals surface area contributed by atoms with Crippen molar-refractivity contribution in [3.8, 4) is 0 Å². The molecule has 0 spiro atoms. The quantitative estimate of drug-likeness (QED) is 0.451. The molecule has 1 saturated heterocycles. The highest BCUT2D eigenvalue weighted by atomic mass is 127. The number of hydrogen-bond acceptors (Lipinski definition) is 2. The van der Waals surface area contributed by atoms with Gasteiger partial charge in [0.15, 0.2) is 5.96 Å². The fraction of sp³-hybridized carbons (Fsp3) is 0.500. The maximum atomic E-state index is 11.5. The summed E-state index contributed by atoms with van der Waals surface area (Å²) in [5.41, 5.74) is 7.76. The normalized spacial score (nSPS) is 16.1. The van der Waals surface area contributed by atoms with Crippen LogP contribution in [0.4, 0.5) is 0 Å². The predicted molar refractivity (Wildman–Crippen MR) is 101 cm³/mol. The number of halogens is 1. The molecule has 1 aliphatic rings. The first-order valence-corrected chi connectivity index (χ1v) is 7.46. The first-order valence-electron chi connectivity index (χ1n) is 7.46. The maximum absolute atomic E-state index is 11.5. The first-order chi connectivity index (χ1) is 10.1. The Morgan fingerprint density at radius 3 is 2.45 bits per heavy atom. The van der Waals surface area contributed by atoms with E-state index in [0.717, 1.165) is 24.6 Å². The Morgan fingerprint density at radius 1 is 1.32 bits per heavy atom. The fourth-order valence-corrected chi connectivity index (χ4v) is 2.42. The van der Waals surface area contributed by atoms with Gasteiger partial charge in [-0.3, -0.25) is 4.79 Å². The molecule has 1 fully saturated rings. The van der Waals surface area contributed by atoms with Crippen LogP contribution in [-0.2, 0) is 6.54 Å². The van der Waals surface area contributed by atoms with E-state index >= 15 is 0 Å². The molecule has 5 nitrogen and oxygen atoms in total. The molecule has 0 aliphatic carbocycles. The van der Waals surface area contributed by atoms with Crippen LogP contribution in [0.1, 0.15) is 35.7 Å². The molecule has 1 heterocycles. The third kappa shape index (κ3) is 5.15. The van der Waals surface area contributed by atoms with Crippen molar-refractivity contribution in [2.24, 2.45) is 16.6 Å². The van der Waals surface area contributed by atoms with E-state index < -0.39 is 0 Å². The van der Waals surface area contributed by atoms with Gasteiger partial charge in [0.05, 0.1) is 6.54 Å². The molecule has 1 aromatic rings. The van der Waals surface area contributed by atoms with Gasteiger partial charge in [-0.05, 0) is 36.5 Å². The molecule has 1 amide bonds. The van der Waals surface area contributed by atoms with Crippen LogP contribution in [0.3, 0.4) is 0 Å². The van der Waals surface area contributed by atoms with Gasteiger partial charge in [-0.1, -0.05) is 19.1 Å². The number of benzene rings is 1. The van der Waals surface area contributed by atoms with Crippen LogP contribution in [0, 0.1) is 5.92 Å². The molecule has 0 saturated carbocycles. The van der Waals surface area contributed by atoms with Gasteiger partial charge in [-0.25, -0.2) is 4.99 Å². The van der Waals surface area contributed by atoms with Crippen molar-refractivity contribution < 1.29 is 4.79 Å². The van der Waals surface area contributed by atoms with Gasteiger partial charge < -0.3 is 16.0 Å². The van der Waals surface area contributed by atoms with Gasteiger partial charge in [0.2, 0.25) is 0 Å². The van der Waals surface area contributed by atoms with Crippen LogP contribution in [0.25, 0.3) is 0 Å². The van der Waals surface area contributed by atoms with Gasteiger partial charge in [-0.2, -0.15) is 0 Å². The van der Waals surface area contributed by atoms with E-state index in [9.17, 15) is 4.79 Å². The summed E-state index contributed by atoms with van der Waals surface area (Å²) in [6.45, 7) is 4.81. The van der Waals surface area contributed by atoms with Crippen molar-refractivity contribution in [2.45, 2.75) is 26.3 Å². The molecule has 1 aromatic carbocycles. The molecule has 1 aliphatic heterocycles. The number of nitrogens with two attached hydrogens (primary N) is 1. The van der Waals surface area contributed by atoms with Gasteiger partial charge in [0, 0.05) is 25.7 Å². The van der Waals surface area contributed by atoms with E-state index in [1.807, 2.05) is 24.3 Å². The van der Waals surface area contributed by atoms with Crippen molar-refractivity contribution in [3.63, 3.8) is 0 Å². The molecule has 0 bridgehead atoms. The average Bonchev–Trinajstić information content (AvgIpc) is 2.53. The highest BCUT2D eigenvalue weighted by Crippen LogP contribution is 2.15. The summed E-state index contributed by atoms with van der Waals surface area (Å²) in [5.74, 6) is 1.33. The number of piperidine rings is 1. The number of carbonyl (C=O) groups excluding carboxylic acids is 1. The first kappa shape index (κ1) is 18.7. The highest BCUT2D eigenvalue weighted by molar-refractivity contribution is 14.0. The van der Waals surface area contributed by atoms with E-state index in [0.29, 0.717) is 18.1 Å². The Balaban J connectivity index is 0.00000242. The largest absolute Gasteiger partial charge is 0.370 e. The molecule has 3 N–H and O–H groups in total. The van der Waals surface area contributed by atoms with E-state index in [2.05, 4.69) is 22.1 Å². The Hall–Kier alpha value is -1.31. The number of guanidine groups is 1. The number of hydrogen-bond donors (Lipinski definition) is 2. The van der Waals surface area contributed by atoms with E-state index in [1.165, 1.54) is 12.8 Å². The number of aliphatic imine (C=N–C) groups is 1. The van der Waals surface area contributed by atoms with Crippen LogP contribution < -0.4 is 11.1 Å². The Labute approximate surface area is 149 Å². The minimum atomic E-state index is -0.0769. The molecule has 2 rings (SSSR count). The summed E-state index contributed by atoms with van der Waals surface area (Å²) >= 11 is 0. The smallest absolute Gasteiger partial charge is 0.251 e. The zero-order chi connectivity index (χ0) is 15.2.